The third-order valence-electron chi connectivity index (χ3n) is 3.47. The lowest BCUT2D eigenvalue weighted by Crippen LogP contribution is -2.42. The maximum absolute atomic E-state index is 12.2. The maximum Gasteiger partial charge on any atom is 0.307 e. The fourth-order valence-corrected chi connectivity index (χ4v) is 2.30. The lowest BCUT2D eigenvalue weighted by atomic mass is 9.94. The van der Waals surface area contributed by atoms with E-state index in [9.17, 15) is 9.59 Å². The first-order chi connectivity index (χ1) is 8.71. The van der Waals surface area contributed by atoms with E-state index in [1.54, 1.807) is 6.92 Å². The van der Waals surface area contributed by atoms with Gasteiger partial charge in [-0.25, -0.2) is 0 Å². The Morgan fingerprint density at radius 3 is 2.32 bits per heavy atom. The molecule has 1 fully saturated rings. The van der Waals surface area contributed by atoms with Gasteiger partial charge in [0.2, 0.25) is 5.91 Å². The van der Waals surface area contributed by atoms with Crippen LogP contribution >= 0.6 is 0 Å². The largest absolute Gasteiger partial charge is 0.481 e. The SMILES string of the molecule is CC(CN1CCCN(C(=O)C(C)(C)C)CC1)C(=O)O. The molecular weight excluding hydrogens is 244 g/mol. The van der Waals surface area contributed by atoms with Crippen molar-refractivity contribution in [2.45, 2.75) is 34.1 Å². The smallest absolute Gasteiger partial charge is 0.307 e. The number of carboxylic acid groups (broad SMARTS) is 1. The molecule has 110 valence electrons. The van der Waals surface area contributed by atoms with Crippen LogP contribution in [0, 0.1) is 11.3 Å². The number of aliphatic carboxylic acids is 1. The summed E-state index contributed by atoms with van der Waals surface area (Å²) in [4.78, 5) is 27.2. The minimum Gasteiger partial charge on any atom is -0.481 e. The van der Waals surface area contributed by atoms with Crippen LogP contribution in [0.2, 0.25) is 0 Å². The molecule has 0 spiro atoms. The van der Waals surface area contributed by atoms with Crippen molar-refractivity contribution in [3.8, 4) is 0 Å². The Morgan fingerprint density at radius 2 is 1.79 bits per heavy atom. The maximum atomic E-state index is 12.2. The van der Waals surface area contributed by atoms with Crippen molar-refractivity contribution < 1.29 is 14.7 Å². The quantitative estimate of drug-likeness (QED) is 0.839. The molecule has 1 atom stereocenters. The van der Waals surface area contributed by atoms with Gasteiger partial charge in [0, 0.05) is 31.6 Å². The molecule has 0 saturated carbocycles. The molecule has 1 heterocycles. The third kappa shape index (κ3) is 4.82. The summed E-state index contributed by atoms with van der Waals surface area (Å²) in [5, 5.41) is 8.94. The van der Waals surface area contributed by atoms with Crippen molar-refractivity contribution in [2.75, 3.05) is 32.7 Å². The first kappa shape index (κ1) is 16.0. The number of carbonyl (C=O) groups excluding carboxylic acids is 1. The topological polar surface area (TPSA) is 60.9 Å². The van der Waals surface area contributed by atoms with Crippen molar-refractivity contribution in [3.05, 3.63) is 0 Å². The molecule has 0 aliphatic carbocycles. The van der Waals surface area contributed by atoms with Crippen LogP contribution in [0.5, 0.6) is 0 Å². The summed E-state index contributed by atoms with van der Waals surface area (Å²) in [7, 11) is 0. The van der Waals surface area contributed by atoms with Crippen molar-refractivity contribution in [1.29, 1.82) is 0 Å². The van der Waals surface area contributed by atoms with Gasteiger partial charge in [-0.15, -0.1) is 0 Å². The normalized spacial score (nSPS) is 19.9. The zero-order valence-corrected chi connectivity index (χ0v) is 12.5. The Labute approximate surface area is 115 Å². The predicted molar refractivity (Wildman–Crippen MR) is 73.9 cm³/mol. The van der Waals surface area contributed by atoms with Gasteiger partial charge in [0.05, 0.1) is 5.92 Å². The van der Waals surface area contributed by atoms with Gasteiger partial charge in [0.25, 0.3) is 0 Å². The van der Waals surface area contributed by atoms with E-state index >= 15 is 0 Å². The van der Waals surface area contributed by atoms with E-state index in [2.05, 4.69) is 4.90 Å². The second-order valence-electron chi connectivity index (χ2n) is 6.44. The standard InChI is InChI=1S/C14H26N2O3/c1-11(12(17)18)10-15-6-5-7-16(9-8-15)13(19)14(2,3)4/h11H,5-10H2,1-4H3,(H,17,18). The summed E-state index contributed by atoms with van der Waals surface area (Å²) < 4.78 is 0. The van der Waals surface area contributed by atoms with Crippen LogP contribution in [-0.4, -0.2) is 59.5 Å². The summed E-state index contributed by atoms with van der Waals surface area (Å²) in [6.07, 6.45) is 0.911. The number of amides is 1. The first-order valence-electron chi connectivity index (χ1n) is 6.96. The first-order valence-corrected chi connectivity index (χ1v) is 6.96. The summed E-state index contributed by atoms with van der Waals surface area (Å²) in [6.45, 7) is 11.2. The van der Waals surface area contributed by atoms with Gasteiger partial charge in [-0.3, -0.25) is 9.59 Å². The van der Waals surface area contributed by atoms with Gasteiger partial charge in [0.15, 0.2) is 0 Å². The molecule has 1 aliphatic heterocycles. The molecule has 19 heavy (non-hydrogen) atoms. The highest BCUT2D eigenvalue weighted by molar-refractivity contribution is 5.81. The monoisotopic (exact) mass is 270 g/mol. The van der Waals surface area contributed by atoms with E-state index in [4.69, 9.17) is 5.11 Å². The molecule has 1 unspecified atom stereocenters. The molecule has 1 aliphatic rings. The second kappa shape index (κ2) is 6.37. The van der Waals surface area contributed by atoms with Crippen LogP contribution in [0.25, 0.3) is 0 Å². The molecule has 0 aromatic rings. The number of carbonyl (C=O) groups is 2. The summed E-state index contributed by atoms with van der Waals surface area (Å²) in [6, 6.07) is 0. The van der Waals surface area contributed by atoms with E-state index in [0.717, 1.165) is 26.1 Å². The van der Waals surface area contributed by atoms with Crippen LogP contribution in [0.15, 0.2) is 0 Å². The fraction of sp³-hybridized carbons (Fsp3) is 0.857. The number of rotatable bonds is 3. The number of hydrogen-bond donors (Lipinski definition) is 1. The number of carboxylic acids is 1. The molecule has 0 aromatic carbocycles. The lowest BCUT2D eigenvalue weighted by molar-refractivity contribution is -0.142. The fourth-order valence-electron chi connectivity index (χ4n) is 2.30. The van der Waals surface area contributed by atoms with Crippen LogP contribution in [-0.2, 0) is 9.59 Å². The Kier molecular flexibility index (Phi) is 5.35. The average Bonchev–Trinajstić information content (AvgIpc) is 2.52. The van der Waals surface area contributed by atoms with E-state index in [-0.39, 0.29) is 17.2 Å². The average molecular weight is 270 g/mol. The van der Waals surface area contributed by atoms with Crippen LogP contribution in [0.4, 0.5) is 0 Å². The molecule has 1 amide bonds. The molecule has 0 aromatic heterocycles. The van der Waals surface area contributed by atoms with Crippen LogP contribution < -0.4 is 0 Å². The zero-order valence-electron chi connectivity index (χ0n) is 12.5. The van der Waals surface area contributed by atoms with Gasteiger partial charge in [-0.1, -0.05) is 27.7 Å². The summed E-state index contributed by atoms with van der Waals surface area (Å²) in [5.74, 6) is -0.933. The van der Waals surface area contributed by atoms with Crippen molar-refractivity contribution >= 4 is 11.9 Å². The molecule has 1 saturated heterocycles. The van der Waals surface area contributed by atoms with Crippen molar-refractivity contribution in [1.82, 2.24) is 9.80 Å². The van der Waals surface area contributed by atoms with Crippen LogP contribution in [0.3, 0.4) is 0 Å². The highest BCUT2D eigenvalue weighted by atomic mass is 16.4. The molecule has 1 N–H and O–H groups in total. The van der Waals surface area contributed by atoms with E-state index in [1.165, 1.54) is 0 Å². The van der Waals surface area contributed by atoms with E-state index in [1.807, 2.05) is 25.7 Å². The Morgan fingerprint density at radius 1 is 1.16 bits per heavy atom. The number of nitrogens with zero attached hydrogens (tertiary/aromatic N) is 2. The lowest BCUT2D eigenvalue weighted by Gasteiger charge is -2.28. The van der Waals surface area contributed by atoms with Gasteiger partial charge >= 0.3 is 5.97 Å². The Bertz CT molecular complexity index is 336. The zero-order chi connectivity index (χ0) is 14.6. The minimum atomic E-state index is -0.758. The predicted octanol–water partition coefficient (Wildman–Crippen LogP) is 1.29. The third-order valence-corrected chi connectivity index (χ3v) is 3.47. The van der Waals surface area contributed by atoms with Gasteiger partial charge in [-0.05, 0) is 13.0 Å². The van der Waals surface area contributed by atoms with Gasteiger partial charge in [-0.2, -0.15) is 0 Å². The summed E-state index contributed by atoms with van der Waals surface area (Å²) >= 11 is 0. The Hall–Kier alpha value is -1.10. The molecule has 0 radical (unpaired) electrons. The second-order valence-corrected chi connectivity index (χ2v) is 6.44. The van der Waals surface area contributed by atoms with Crippen molar-refractivity contribution in [3.63, 3.8) is 0 Å². The van der Waals surface area contributed by atoms with Gasteiger partial charge in [0.1, 0.15) is 0 Å². The highest BCUT2D eigenvalue weighted by Gasteiger charge is 2.29. The van der Waals surface area contributed by atoms with E-state index in [0.29, 0.717) is 13.1 Å². The Balaban J connectivity index is 2.52. The highest BCUT2D eigenvalue weighted by Crippen LogP contribution is 2.18. The minimum absolute atomic E-state index is 0.181. The molecule has 1 rings (SSSR count). The van der Waals surface area contributed by atoms with Crippen molar-refractivity contribution in [2.24, 2.45) is 11.3 Å². The molecular formula is C14H26N2O3. The van der Waals surface area contributed by atoms with E-state index < -0.39 is 5.97 Å². The molecule has 0 bridgehead atoms. The van der Waals surface area contributed by atoms with Gasteiger partial charge < -0.3 is 14.9 Å². The van der Waals surface area contributed by atoms with Crippen LogP contribution in [0.1, 0.15) is 34.1 Å². The molecule has 5 nitrogen and oxygen atoms in total. The summed E-state index contributed by atoms with van der Waals surface area (Å²) in [5.41, 5.74) is -0.344. The number of hydrogen-bond acceptors (Lipinski definition) is 3. The molecule has 5 heteroatoms.